The van der Waals surface area contributed by atoms with Crippen LogP contribution in [0.15, 0.2) is 48.5 Å². The van der Waals surface area contributed by atoms with Gasteiger partial charge in [0.2, 0.25) is 0 Å². The summed E-state index contributed by atoms with van der Waals surface area (Å²) >= 11 is 0. The van der Waals surface area contributed by atoms with Crippen LogP contribution in [0.4, 0.5) is 0 Å². The van der Waals surface area contributed by atoms with Crippen LogP contribution in [-0.4, -0.2) is 37.5 Å². The van der Waals surface area contributed by atoms with E-state index in [0.29, 0.717) is 18.2 Å². The first-order valence-corrected chi connectivity index (χ1v) is 9.60. The number of hydrogen-bond acceptors (Lipinski definition) is 1. The maximum Gasteiger partial charge on any atom is 0.147 e. The molecule has 2 heteroatoms. The molecule has 2 rings (SSSR count). The van der Waals surface area contributed by atoms with Crippen LogP contribution in [0.25, 0.3) is 0 Å². The standard InChI is InChI=1S/C24H34NO/c1-8-23(26)24(17-20(4)25(5,6)7,21-13-9-11-18(2)15-21)22-14-10-12-19(3)16-22/h9-16,20H,8,17H2,1-7H3/q+1/t20-/m0/s1. The van der Waals surface area contributed by atoms with Crippen molar-refractivity contribution in [1.82, 2.24) is 0 Å². The first-order valence-electron chi connectivity index (χ1n) is 9.60. The molecule has 0 aliphatic carbocycles. The van der Waals surface area contributed by atoms with Crippen LogP contribution in [0, 0.1) is 13.8 Å². The zero-order chi connectivity index (χ0) is 19.5. The molecule has 0 aromatic heterocycles. The van der Waals surface area contributed by atoms with Crippen LogP contribution < -0.4 is 0 Å². The van der Waals surface area contributed by atoms with E-state index in [1.165, 1.54) is 11.1 Å². The average molecular weight is 353 g/mol. The summed E-state index contributed by atoms with van der Waals surface area (Å²) in [5.74, 6) is 0.300. The molecule has 2 nitrogen and oxygen atoms in total. The maximum atomic E-state index is 13.5. The molecule has 0 radical (unpaired) electrons. The van der Waals surface area contributed by atoms with Crippen LogP contribution in [-0.2, 0) is 10.2 Å². The van der Waals surface area contributed by atoms with Gasteiger partial charge in [-0.1, -0.05) is 66.6 Å². The topological polar surface area (TPSA) is 17.1 Å². The van der Waals surface area contributed by atoms with Gasteiger partial charge in [0, 0.05) is 12.8 Å². The van der Waals surface area contributed by atoms with Gasteiger partial charge in [0.25, 0.3) is 0 Å². The molecule has 0 saturated carbocycles. The van der Waals surface area contributed by atoms with Crippen LogP contribution >= 0.6 is 0 Å². The third-order valence-corrected chi connectivity index (χ3v) is 5.74. The van der Waals surface area contributed by atoms with Gasteiger partial charge in [-0.2, -0.15) is 0 Å². The molecular formula is C24H34NO+. The number of ketones is 1. The molecule has 26 heavy (non-hydrogen) atoms. The molecule has 140 valence electrons. The molecule has 1 atom stereocenters. The van der Waals surface area contributed by atoms with E-state index in [1.54, 1.807) is 0 Å². The summed E-state index contributed by atoms with van der Waals surface area (Å²) in [5, 5.41) is 0. The summed E-state index contributed by atoms with van der Waals surface area (Å²) in [7, 11) is 6.62. The number of benzene rings is 2. The molecule has 0 aliphatic rings. The molecule has 0 spiro atoms. The van der Waals surface area contributed by atoms with Crippen molar-refractivity contribution in [1.29, 1.82) is 0 Å². The first kappa shape index (κ1) is 20.4. The van der Waals surface area contributed by atoms with Crippen LogP contribution in [0.1, 0.15) is 48.9 Å². The summed E-state index contributed by atoms with van der Waals surface area (Å²) in [6.45, 7) is 8.44. The lowest BCUT2D eigenvalue weighted by atomic mass is 9.66. The predicted octanol–water partition coefficient (Wildman–Crippen LogP) is 5.05. The summed E-state index contributed by atoms with van der Waals surface area (Å²) in [6.07, 6.45) is 1.34. The van der Waals surface area contributed by atoms with Gasteiger partial charge in [-0.05, 0) is 31.9 Å². The fourth-order valence-corrected chi connectivity index (χ4v) is 3.68. The Morgan fingerprint density at radius 3 is 1.77 bits per heavy atom. The second kappa shape index (κ2) is 7.75. The molecule has 0 fully saturated rings. The summed E-state index contributed by atoms with van der Waals surface area (Å²) in [6, 6.07) is 17.3. The number of aryl methyl sites for hydroxylation is 2. The smallest absolute Gasteiger partial charge is 0.147 e. The zero-order valence-corrected chi connectivity index (χ0v) is 17.5. The largest absolute Gasteiger partial charge is 0.329 e. The minimum atomic E-state index is -0.599. The predicted molar refractivity (Wildman–Crippen MR) is 111 cm³/mol. The summed E-state index contributed by atoms with van der Waals surface area (Å²) in [5.41, 5.74) is 4.03. The van der Waals surface area contributed by atoms with Gasteiger partial charge in [-0.25, -0.2) is 0 Å². The van der Waals surface area contributed by atoms with Crippen molar-refractivity contribution in [2.75, 3.05) is 21.1 Å². The first-order chi connectivity index (χ1) is 12.1. The normalized spacial score (nSPS) is 13.5. The number of rotatable bonds is 7. The average Bonchev–Trinajstić information content (AvgIpc) is 2.58. The highest BCUT2D eigenvalue weighted by Crippen LogP contribution is 2.40. The van der Waals surface area contributed by atoms with E-state index >= 15 is 0 Å². The Balaban J connectivity index is 2.77. The molecule has 0 amide bonds. The molecule has 0 heterocycles. The van der Waals surface area contributed by atoms with E-state index < -0.39 is 5.41 Å². The quantitative estimate of drug-likeness (QED) is 0.637. The highest BCUT2D eigenvalue weighted by atomic mass is 16.1. The van der Waals surface area contributed by atoms with Gasteiger partial charge in [-0.3, -0.25) is 4.79 Å². The number of carbonyl (C=O) groups is 1. The highest BCUT2D eigenvalue weighted by Gasteiger charge is 2.44. The third kappa shape index (κ3) is 4.07. The molecular weight excluding hydrogens is 318 g/mol. The van der Waals surface area contributed by atoms with Crippen molar-refractivity contribution < 1.29 is 9.28 Å². The van der Waals surface area contributed by atoms with Gasteiger partial charge in [0.05, 0.1) is 32.6 Å². The molecule has 0 N–H and O–H groups in total. The Kier molecular flexibility index (Phi) is 6.08. The van der Waals surface area contributed by atoms with E-state index in [-0.39, 0.29) is 0 Å². The second-order valence-electron chi connectivity index (χ2n) is 8.59. The Bertz CT molecular complexity index is 724. The minimum absolute atomic E-state index is 0.300. The van der Waals surface area contributed by atoms with E-state index in [4.69, 9.17) is 0 Å². The van der Waals surface area contributed by atoms with Gasteiger partial charge in [0.15, 0.2) is 0 Å². The van der Waals surface area contributed by atoms with E-state index in [2.05, 4.69) is 90.4 Å². The van der Waals surface area contributed by atoms with Crippen LogP contribution in [0.2, 0.25) is 0 Å². The molecule has 2 aromatic rings. The molecule has 0 bridgehead atoms. The molecule has 0 saturated heterocycles. The fraction of sp³-hybridized carbons (Fsp3) is 0.458. The number of carbonyl (C=O) groups excluding carboxylic acids is 1. The van der Waals surface area contributed by atoms with Gasteiger partial charge in [0.1, 0.15) is 5.78 Å². The van der Waals surface area contributed by atoms with E-state index in [1.807, 2.05) is 6.92 Å². The number of hydrogen-bond donors (Lipinski definition) is 0. The minimum Gasteiger partial charge on any atom is -0.329 e. The van der Waals surface area contributed by atoms with Crippen molar-refractivity contribution in [3.63, 3.8) is 0 Å². The Hall–Kier alpha value is -1.93. The lowest BCUT2D eigenvalue weighted by Crippen LogP contribution is -2.49. The van der Waals surface area contributed by atoms with Gasteiger partial charge < -0.3 is 4.48 Å². The monoisotopic (exact) mass is 352 g/mol. The van der Waals surface area contributed by atoms with E-state index in [9.17, 15) is 4.79 Å². The van der Waals surface area contributed by atoms with Gasteiger partial charge in [-0.15, -0.1) is 0 Å². The Labute approximate surface area is 159 Å². The number of nitrogens with zero attached hydrogens (tertiary/aromatic N) is 1. The molecule has 0 unspecified atom stereocenters. The fourth-order valence-electron chi connectivity index (χ4n) is 3.68. The number of Topliss-reactive ketones (excluding diaryl/α,β-unsaturated/α-hetero) is 1. The lowest BCUT2D eigenvalue weighted by molar-refractivity contribution is -0.894. The highest BCUT2D eigenvalue weighted by molar-refractivity contribution is 5.93. The maximum absolute atomic E-state index is 13.5. The summed E-state index contributed by atoms with van der Waals surface area (Å²) < 4.78 is 0.830. The molecule has 0 aliphatic heterocycles. The zero-order valence-electron chi connectivity index (χ0n) is 17.5. The van der Waals surface area contributed by atoms with Crippen molar-refractivity contribution in [2.24, 2.45) is 0 Å². The lowest BCUT2D eigenvalue weighted by Gasteiger charge is -2.40. The third-order valence-electron chi connectivity index (χ3n) is 5.74. The van der Waals surface area contributed by atoms with Crippen molar-refractivity contribution in [3.05, 3.63) is 70.8 Å². The van der Waals surface area contributed by atoms with Gasteiger partial charge >= 0.3 is 0 Å². The summed E-state index contributed by atoms with van der Waals surface area (Å²) in [4.78, 5) is 13.5. The Morgan fingerprint density at radius 2 is 1.42 bits per heavy atom. The number of quaternary nitrogens is 1. The van der Waals surface area contributed by atoms with Crippen molar-refractivity contribution >= 4 is 5.78 Å². The van der Waals surface area contributed by atoms with E-state index in [0.717, 1.165) is 22.0 Å². The Morgan fingerprint density at radius 1 is 0.962 bits per heavy atom. The van der Waals surface area contributed by atoms with Crippen LogP contribution in [0.3, 0.4) is 0 Å². The van der Waals surface area contributed by atoms with Crippen molar-refractivity contribution in [3.8, 4) is 0 Å². The van der Waals surface area contributed by atoms with Crippen LogP contribution in [0.5, 0.6) is 0 Å². The second-order valence-corrected chi connectivity index (χ2v) is 8.59. The molecule has 2 aromatic carbocycles. The SMILES string of the molecule is CCC(=O)C(C[C@H](C)[N+](C)(C)C)(c1cccc(C)c1)c1cccc(C)c1. The van der Waals surface area contributed by atoms with Crippen molar-refractivity contribution in [2.45, 2.75) is 52.0 Å².